The van der Waals surface area contributed by atoms with Crippen molar-refractivity contribution in [2.45, 2.75) is 12.5 Å². The first-order chi connectivity index (χ1) is 11.3. The Morgan fingerprint density at radius 1 is 1.00 bits per heavy atom. The number of nitrogens with zero attached hydrogens (tertiary/aromatic N) is 1. The van der Waals surface area contributed by atoms with Crippen LogP contribution in [0.5, 0.6) is 5.75 Å². The van der Waals surface area contributed by atoms with Gasteiger partial charge in [0.1, 0.15) is 17.7 Å². The van der Waals surface area contributed by atoms with Crippen molar-refractivity contribution in [1.29, 1.82) is 0 Å². The standard InChI is InChI=1S/C19H19N3O/c20-19-7-3-6-17(22-19)15-8-9-18(23-13-10-11-21-12-13)16-5-2-1-4-14(15)16/h1-9,13,21H,10-12H2,(H2,20,22). The lowest BCUT2D eigenvalue weighted by Gasteiger charge is -2.16. The molecule has 1 aliphatic rings. The molecular formula is C19H19N3O. The molecule has 116 valence electrons. The summed E-state index contributed by atoms with van der Waals surface area (Å²) < 4.78 is 6.20. The van der Waals surface area contributed by atoms with Crippen molar-refractivity contribution < 1.29 is 4.74 Å². The molecule has 2 aromatic carbocycles. The van der Waals surface area contributed by atoms with E-state index in [0.717, 1.165) is 47.3 Å². The highest BCUT2D eigenvalue weighted by atomic mass is 16.5. The molecule has 0 spiro atoms. The van der Waals surface area contributed by atoms with Gasteiger partial charge in [0, 0.05) is 17.5 Å². The Morgan fingerprint density at radius 3 is 2.65 bits per heavy atom. The molecule has 4 nitrogen and oxygen atoms in total. The molecule has 3 aromatic rings. The second-order valence-corrected chi connectivity index (χ2v) is 5.84. The molecule has 2 heterocycles. The van der Waals surface area contributed by atoms with Gasteiger partial charge in [0.2, 0.25) is 0 Å². The third-order valence-corrected chi connectivity index (χ3v) is 4.24. The lowest BCUT2D eigenvalue weighted by atomic mass is 10.0. The third kappa shape index (κ3) is 2.73. The Bertz CT molecular complexity index is 841. The molecule has 1 fully saturated rings. The molecule has 0 bridgehead atoms. The number of fused-ring (bicyclic) bond motifs is 1. The Labute approximate surface area is 135 Å². The van der Waals surface area contributed by atoms with Crippen LogP contribution in [0.4, 0.5) is 5.82 Å². The molecule has 23 heavy (non-hydrogen) atoms. The summed E-state index contributed by atoms with van der Waals surface area (Å²) in [5.74, 6) is 1.46. The van der Waals surface area contributed by atoms with E-state index in [1.807, 2.05) is 30.3 Å². The van der Waals surface area contributed by atoms with Gasteiger partial charge in [-0.3, -0.25) is 0 Å². The van der Waals surface area contributed by atoms with Crippen molar-refractivity contribution in [1.82, 2.24) is 10.3 Å². The first-order valence-electron chi connectivity index (χ1n) is 7.93. The summed E-state index contributed by atoms with van der Waals surface area (Å²) in [6, 6.07) is 18.1. The summed E-state index contributed by atoms with van der Waals surface area (Å²) in [6.45, 7) is 1.93. The zero-order valence-electron chi connectivity index (χ0n) is 12.8. The second kappa shape index (κ2) is 5.89. The summed E-state index contributed by atoms with van der Waals surface area (Å²) in [6.07, 6.45) is 1.29. The van der Waals surface area contributed by atoms with E-state index in [4.69, 9.17) is 10.5 Å². The predicted molar refractivity (Wildman–Crippen MR) is 93.5 cm³/mol. The first kappa shape index (κ1) is 14.0. The lowest BCUT2D eigenvalue weighted by molar-refractivity contribution is 0.226. The Morgan fingerprint density at radius 2 is 1.87 bits per heavy atom. The zero-order valence-corrected chi connectivity index (χ0v) is 12.8. The monoisotopic (exact) mass is 305 g/mol. The molecule has 1 aromatic heterocycles. The normalized spacial score (nSPS) is 17.5. The fourth-order valence-electron chi connectivity index (χ4n) is 3.11. The van der Waals surface area contributed by atoms with E-state index in [1.54, 1.807) is 6.07 Å². The number of rotatable bonds is 3. The van der Waals surface area contributed by atoms with Crippen LogP contribution in [0.2, 0.25) is 0 Å². The SMILES string of the molecule is Nc1cccc(-c2ccc(OC3CCNC3)c3ccccc23)n1. The van der Waals surface area contributed by atoms with Gasteiger partial charge in [0.05, 0.1) is 5.69 Å². The quantitative estimate of drug-likeness (QED) is 0.780. The molecule has 0 radical (unpaired) electrons. The van der Waals surface area contributed by atoms with Crippen molar-refractivity contribution in [2.75, 3.05) is 18.8 Å². The Balaban J connectivity index is 1.81. The number of aromatic nitrogens is 1. The smallest absolute Gasteiger partial charge is 0.127 e. The molecule has 0 amide bonds. The van der Waals surface area contributed by atoms with E-state index < -0.39 is 0 Å². The van der Waals surface area contributed by atoms with Crippen molar-refractivity contribution in [3.8, 4) is 17.0 Å². The van der Waals surface area contributed by atoms with Crippen LogP contribution in [0, 0.1) is 0 Å². The van der Waals surface area contributed by atoms with Crippen LogP contribution < -0.4 is 15.8 Å². The summed E-state index contributed by atoms with van der Waals surface area (Å²) in [5.41, 5.74) is 7.79. The van der Waals surface area contributed by atoms with Crippen molar-refractivity contribution in [3.63, 3.8) is 0 Å². The van der Waals surface area contributed by atoms with E-state index >= 15 is 0 Å². The fraction of sp³-hybridized carbons (Fsp3) is 0.211. The number of nitrogens with one attached hydrogen (secondary N) is 1. The van der Waals surface area contributed by atoms with Crippen molar-refractivity contribution in [2.24, 2.45) is 0 Å². The Kier molecular flexibility index (Phi) is 3.60. The van der Waals surface area contributed by atoms with Crippen LogP contribution in [0.3, 0.4) is 0 Å². The van der Waals surface area contributed by atoms with Crippen LogP contribution in [0.15, 0.2) is 54.6 Å². The average molecular weight is 305 g/mol. The van der Waals surface area contributed by atoms with Gasteiger partial charge in [-0.15, -0.1) is 0 Å². The number of nitrogens with two attached hydrogens (primary N) is 1. The second-order valence-electron chi connectivity index (χ2n) is 5.84. The minimum Gasteiger partial charge on any atom is -0.488 e. The van der Waals surface area contributed by atoms with E-state index in [0.29, 0.717) is 5.82 Å². The maximum atomic E-state index is 6.20. The van der Waals surface area contributed by atoms with E-state index in [-0.39, 0.29) is 6.10 Å². The van der Waals surface area contributed by atoms with E-state index in [1.165, 1.54) is 0 Å². The lowest BCUT2D eigenvalue weighted by Crippen LogP contribution is -2.19. The van der Waals surface area contributed by atoms with Gasteiger partial charge in [-0.05, 0) is 42.6 Å². The minimum absolute atomic E-state index is 0.245. The highest BCUT2D eigenvalue weighted by molar-refractivity contribution is 5.99. The van der Waals surface area contributed by atoms with Gasteiger partial charge in [-0.1, -0.05) is 30.3 Å². The molecule has 0 aliphatic carbocycles. The predicted octanol–water partition coefficient (Wildman–Crippen LogP) is 3.22. The number of hydrogen-bond donors (Lipinski definition) is 2. The highest BCUT2D eigenvalue weighted by Crippen LogP contribution is 2.34. The van der Waals surface area contributed by atoms with Crippen LogP contribution >= 0.6 is 0 Å². The maximum Gasteiger partial charge on any atom is 0.127 e. The molecule has 1 aliphatic heterocycles. The summed E-state index contributed by atoms with van der Waals surface area (Å²) in [4.78, 5) is 4.45. The van der Waals surface area contributed by atoms with Crippen LogP contribution in [-0.2, 0) is 0 Å². The topological polar surface area (TPSA) is 60.2 Å². The van der Waals surface area contributed by atoms with Crippen LogP contribution in [-0.4, -0.2) is 24.2 Å². The zero-order chi connectivity index (χ0) is 15.6. The molecule has 1 atom stereocenters. The van der Waals surface area contributed by atoms with Gasteiger partial charge in [0.25, 0.3) is 0 Å². The number of pyridine rings is 1. The van der Waals surface area contributed by atoms with Crippen molar-refractivity contribution >= 4 is 16.6 Å². The molecule has 4 rings (SSSR count). The highest BCUT2D eigenvalue weighted by Gasteiger charge is 2.18. The molecule has 0 saturated carbocycles. The average Bonchev–Trinajstić information content (AvgIpc) is 3.08. The number of hydrogen-bond acceptors (Lipinski definition) is 4. The van der Waals surface area contributed by atoms with Crippen LogP contribution in [0.25, 0.3) is 22.0 Å². The largest absolute Gasteiger partial charge is 0.488 e. The molecule has 3 N–H and O–H groups in total. The van der Waals surface area contributed by atoms with E-state index in [9.17, 15) is 0 Å². The van der Waals surface area contributed by atoms with Gasteiger partial charge < -0.3 is 15.8 Å². The summed E-state index contributed by atoms with van der Waals surface area (Å²) >= 11 is 0. The third-order valence-electron chi connectivity index (χ3n) is 4.24. The molecule has 1 saturated heterocycles. The van der Waals surface area contributed by atoms with Gasteiger partial charge in [0.15, 0.2) is 0 Å². The minimum atomic E-state index is 0.245. The molecular weight excluding hydrogens is 286 g/mol. The fourth-order valence-corrected chi connectivity index (χ4v) is 3.11. The van der Waals surface area contributed by atoms with Crippen molar-refractivity contribution in [3.05, 3.63) is 54.6 Å². The number of ether oxygens (including phenoxy) is 1. The van der Waals surface area contributed by atoms with Gasteiger partial charge >= 0.3 is 0 Å². The maximum absolute atomic E-state index is 6.20. The van der Waals surface area contributed by atoms with Crippen LogP contribution in [0.1, 0.15) is 6.42 Å². The number of anilines is 1. The van der Waals surface area contributed by atoms with E-state index in [2.05, 4.69) is 28.5 Å². The summed E-state index contributed by atoms with van der Waals surface area (Å²) in [7, 11) is 0. The molecule has 4 heteroatoms. The van der Waals surface area contributed by atoms with Gasteiger partial charge in [-0.25, -0.2) is 4.98 Å². The Hall–Kier alpha value is -2.59. The molecule has 1 unspecified atom stereocenters. The number of benzene rings is 2. The van der Waals surface area contributed by atoms with Gasteiger partial charge in [-0.2, -0.15) is 0 Å². The summed E-state index contributed by atoms with van der Waals surface area (Å²) in [5, 5.41) is 5.58. The first-order valence-corrected chi connectivity index (χ1v) is 7.93. The number of nitrogen functional groups attached to an aromatic ring is 1.